The summed E-state index contributed by atoms with van der Waals surface area (Å²) in [7, 11) is 0. The molecule has 0 radical (unpaired) electrons. The highest BCUT2D eigenvalue weighted by Gasteiger charge is 2.13. The van der Waals surface area contributed by atoms with E-state index in [-0.39, 0.29) is 12.1 Å². The minimum Gasteiger partial charge on any atom is -0.324 e. The first-order chi connectivity index (χ1) is 12.1. The van der Waals surface area contributed by atoms with Crippen LogP contribution in [0, 0.1) is 6.92 Å². The molecule has 2 heteroatoms. The normalized spacial score (nSPS) is 13.4. The Morgan fingerprint density at radius 3 is 1.72 bits per heavy atom. The molecule has 0 bridgehead atoms. The summed E-state index contributed by atoms with van der Waals surface area (Å²) < 4.78 is 0. The van der Waals surface area contributed by atoms with Gasteiger partial charge >= 0.3 is 0 Å². The van der Waals surface area contributed by atoms with Gasteiger partial charge in [0.15, 0.2) is 0 Å². The highest BCUT2D eigenvalue weighted by Crippen LogP contribution is 2.24. The molecular weight excluding hydrogens is 304 g/mol. The topological polar surface area (TPSA) is 52.0 Å². The van der Waals surface area contributed by atoms with Crippen LogP contribution in [0.2, 0.25) is 0 Å². The van der Waals surface area contributed by atoms with Crippen molar-refractivity contribution >= 4 is 0 Å². The maximum atomic E-state index is 6.45. The summed E-state index contributed by atoms with van der Waals surface area (Å²) in [6.45, 7) is 2.12. The largest absolute Gasteiger partial charge is 0.324 e. The Morgan fingerprint density at radius 2 is 1.20 bits per heavy atom. The summed E-state index contributed by atoms with van der Waals surface area (Å²) in [5, 5.41) is 0. The zero-order valence-corrected chi connectivity index (χ0v) is 14.7. The van der Waals surface area contributed by atoms with Gasteiger partial charge in [0.25, 0.3) is 0 Å². The summed E-state index contributed by atoms with van der Waals surface area (Å²) >= 11 is 0. The molecule has 2 unspecified atom stereocenters. The van der Waals surface area contributed by atoms with E-state index in [4.69, 9.17) is 11.5 Å². The van der Waals surface area contributed by atoms with Crippen LogP contribution in [0.1, 0.15) is 39.9 Å². The van der Waals surface area contributed by atoms with Crippen molar-refractivity contribution in [2.75, 3.05) is 0 Å². The van der Waals surface area contributed by atoms with Crippen LogP contribution in [0.5, 0.6) is 0 Å². The summed E-state index contributed by atoms with van der Waals surface area (Å²) in [6.07, 6.45) is 1.69. The Morgan fingerprint density at radius 1 is 0.680 bits per heavy atom. The molecule has 0 aliphatic carbocycles. The molecule has 2 atom stereocenters. The standard InChI is InChI=1S/C23H26N2/c1-17-14-20(22(24)15-18-8-4-2-5-9-18)12-13-21(17)23(25)16-19-10-6-3-7-11-19/h2-14,22-23H,15-16,24-25H2,1H3. The van der Waals surface area contributed by atoms with E-state index in [1.807, 2.05) is 12.1 Å². The SMILES string of the molecule is Cc1cc(C(N)Cc2ccccc2)ccc1C(N)Cc1ccccc1. The quantitative estimate of drug-likeness (QED) is 0.700. The summed E-state index contributed by atoms with van der Waals surface area (Å²) in [5.74, 6) is 0. The average molecular weight is 330 g/mol. The van der Waals surface area contributed by atoms with Crippen molar-refractivity contribution in [3.8, 4) is 0 Å². The molecule has 3 rings (SSSR count). The van der Waals surface area contributed by atoms with E-state index in [9.17, 15) is 0 Å². The second-order valence-corrected chi connectivity index (χ2v) is 6.71. The number of rotatable bonds is 6. The third-order valence-electron chi connectivity index (χ3n) is 4.72. The van der Waals surface area contributed by atoms with Crippen molar-refractivity contribution in [3.63, 3.8) is 0 Å². The molecule has 3 aromatic rings. The molecule has 0 spiro atoms. The summed E-state index contributed by atoms with van der Waals surface area (Å²) in [4.78, 5) is 0. The Labute approximate surface area is 150 Å². The molecule has 128 valence electrons. The molecule has 2 nitrogen and oxygen atoms in total. The van der Waals surface area contributed by atoms with Crippen LogP contribution < -0.4 is 11.5 Å². The zero-order chi connectivity index (χ0) is 17.6. The van der Waals surface area contributed by atoms with E-state index >= 15 is 0 Å². The van der Waals surface area contributed by atoms with Crippen LogP contribution in [0.3, 0.4) is 0 Å². The number of benzene rings is 3. The van der Waals surface area contributed by atoms with Crippen LogP contribution in [0.4, 0.5) is 0 Å². The average Bonchev–Trinajstić information content (AvgIpc) is 2.63. The Balaban J connectivity index is 1.71. The fourth-order valence-electron chi connectivity index (χ4n) is 3.31. The molecule has 0 fully saturated rings. The molecule has 0 aliphatic rings. The van der Waals surface area contributed by atoms with Crippen LogP contribution in [-0.4, -0.2) is 0 Å². The Kier molecular flexibility index (Phi) is 5.64. The van der Waals surface area contributed by atoms with Gasteiger partial charge in [0.05, 0.1) is 0 Å². The van der Waals surface area contributed by atoms with Gasteiger partial charge < -0.3 is 11.5 Å². The van der Waals surface area contributed by atoms with Gasteiger partial charge in [0.2, 0.25) is 0 Å². The van der Waals surface area contributed by atoms with Gasteiger partial charge in [-0.05, 0) is 47.6 Å². The van der Waals surface area contributed by atoms with Crippen LogP contribution in [-0.2, 0) is 12.8 Å². The van der Waals surface area contributed by atoms with E-state index in [1.165, 1.54) is 22.3 Å². The van der Waals surface area contributed by atoms with Gasteiger partial charge in [0.1, 0.15) is 0 Å². The highest BCUT2D eigenvalue weighted by molar-refractivity contribution is 5.36. The van der Waals surface area contributed by atoms with Crippen molar-refractivity contribution in [3.05, 3.63) is 107 Å². The highest BCUT2D eigenvalue weighted by atomic mass is 14.6. The third kappa shape index (κ3) is 4.56. The van der Waals surface area contributed by atoms with Gasteiger partial charge in [-0.25, -0.2) is 0 Å². The van der Waals surface area contributed by atoms with E-state index in [1.54, 1.807) is 0 Å². The molecular formula is C23H26N2. The van der Waals surface area contributed by atoms with Crippen LogP contribution in [0.15, 0.2) is 78.9 Å². The van der Waals surface area contributed by atoms with E-state index in [0.717, 1.165) is 18.4 Å². The number of nitrogens with two attached hydrogens (primary N) is 2. The van der Waals surface area contributed by atoms with Gasteiger partial charge in [-0.15, -0.1) is 0 Å². The third-order valence-corrected chi connectivity index (χ3v) is 4.72. The minimum atomic E-state index is 0.000461. The van der Waals surface area contributed by atoms with Gasteiger partial charge in [-0.2, -0.15) is 0 Å². The van der Waals surface area contributed by atoms with Gasteiger partial charge in [0, 0.05) is 12.1 Å². The van der Waals surface area contributed by atoms with E-state index < -0.39 is 0 Å². The minimum absolute atomic E-state index is 0.000461. The molecule has 0 aliphatic heterocycles. The van der Waals surface area contributed by atoms with Gasteiger partial charge in [-0.1, -0.05) is 78.9 Å². The van der Waals surface area contributed by atoms with Crippen molar-refractivity contribution in [1.82, 2.24) is 0 Å². The zero-order valence-electron chi connectivity index (χ0n) is 14.7. The van der Waals surface area contributed by atoms with E-state index in [0.29, 0.717) is 0 Å². The molecule has 3 aromatic carbocycles. The maximum absolute atomic E-state index is 6.45. The number of aryl methyl sites for hydroxylation is 1. The molecule has 25 heavy (non-hydrogen) atoms. The smallest absolute Gasteiger partial charge is 0.0338 e. The first-order valence-corrected chi connectivity index (χ1v) is 8.83. The monoisotopic (exact) mass is 330 g/mol. The molecule has 0 aromatic heterocycles. The number of hydrogen-bond donors (Lipinski definition) is 2. The van der Waals surface area contributed by atoms with Crippen molar-refractivity contribution < 1.29 is 0 Å². The van der Waals surface area contributed by atoms with Crippen molar-refractivity contribution in [1.29, 1.82) is 0 Å². The lowest BCUT2D eigenvalue weighted by Crippen LogP contribution is -2.17. The molecule has 0 heterocycles. The Bertz CT molecular complexity index is 797. The molecule has 0 amide bonds. The fourth-order valence-corrected chi connectivity index (χ4v) is 3.31. The predicted molar refractivity (Wildman–Crippen MR) is 105 cm³/mol. The van der Waals surface area contributed by atoms with Crippen LogP contribution >= 0.6 is 0 Å². The van der Waals surface area contributed by atoms with Crippen molar-refractivity contribution in [2.45, 2.75) is 31.8 Å². The summed E-state index contributed by atoms with van der Waals surface area (Å²) in [5.41, 5.74) is 19.0. The Hall–Kier alpha value is -2.42. The lowest BCUT2D eigenvalue weighted by molar-refractivity contribution is 0.703. The summed E-state index contributed by atoms with van der Waals surface area (Å²) in [6, 6.07) is 27.2. The second-order valence-electron chi connectivity index (χ2n) is 6.71. The first kappa shape index (κ1) is 17.4. The molecule has 0 saturated carbocycles. The van der Waals surface area contributed by atoms with Crippen molar-refractivity contribution in [2.24, 2.45) is 11.5 Å². The molecule has 4 N–H and O–H groups in total. The fraction of sp³-hybridized carbons (Fsp3) is 0.217. The second kappa shape index (κ2) is 8.11. The van der Waals surface area contributed by atoms with Crippen LogP contribution in [0.25, 0.3) is 0 Å². The predicted octanol–water partition coefficient (Wildman–Crippen LogP) is 4.48. The lowest BCUT2D eigenvalue weighted by Gasteiger charge is -2.18. The maximum Gasteiger partial charge on any atom is 0.0338 e. The van der Waals surface area contributed by atoms with E-state index in [2.05, 4.69) is 73.7 Å². The van der Waals surface area contributed by atoms with Gasteiger partial charge in [-0.3, -0.25) is 0 Å². The first-order valence-electron chi connectivity index (χ1n) is 8.83. The molecule has 0 saturated heterocycles. The number of hydrogen-bond acceptors (Lipinski definition) is 2. The lowest BCUT2D eigenvalue weighted by atomic mass is 9.92.